The van der Waals surface area contributed by atoms with Crippen LogP contribution in [0.4, 0.5) is 0 Å². The van der Waals surface area contributed by atoms with Crippen molar-refractivity contribution in [3.8, 4) is 0 Å². The van der Waals surface area contributed by atoms with E-state index in [0.29, 0.717) is 11.3 Å². The van der Waals surface area contributed by atoms with E-state index < -0.39 is 0 Å². The molecule has 2 aromatic rings. The Hall–Kier alpha value is -1.65. The van der Waals surface area contributed by atoms with Gasteiger partial charge in [0.25, 0.3) is 5.91 Å². The zero-order valence-corrected chi connectivity index (χ0v) is 17.3. The summed E-state index contributed by atoms with van der Waals surface area (Å²) in [4.78, 5) is 18.3. The number of thiophene rings is 1. The fourth-order valence-corrected chi connectivity index (χ4v) is 5.40. The molecule has 2 aliphatic heterocycles. The monoisotopic (exact) mass is 382 g/mol. The number of likely N-dealkylation sites (tertiary alicyclic amines) is 2. The Labute approximate surface area is 167 Å². The summed E-state index contributed by atoms with van der Waals surface area (Å²) in [6.07, 6.45) is 3.64. The van der Waals surface area contributed by atoms with Crippen LogP contribution in [0.1, 0.15) is 59.8 Å². The Balaban J connectivity index is 1.38. The molecule has 3 heterocycles. The zero-order valence-electron chi connectivity index (χ0n) is 16.5. The molecule has 144 valence electrons. The molecule has 1 amide bonds. The van der Waals surface area contributed by atoms with E-state index in [0.717, 1.165) is 37.5 Å². The third kappa shape index (κ3) is 4.12. The van der Waals surface area contributed by atoms with Crippen molar-refractivity contribution in [3.63, 3.8) is 0 Å². The van der Waals surface area contributed by atoms with E-state index >= 15 is 0 Å². The fourth-order valence-electron chi connectivity index (χ4n) is 4.71. The number of amides is 1. The first kappa shape index (κ1) is 18.7. The van der Waals surface area contributed by atoms with Gasteiger partial charge in [0, 0.05) is 31.6 Å². The van der Waals surface area contributed by atoms with Crippen LogP contribution in [-0.2, 0) is 6.54 Å². The summed E-state index contributed by atoms with van der Waals surface area (Å²) in [5.41, 5.74) is 3.11. The predicted molar refractivity (Wildman–Crippen MR) is 112 cm³/mol. The molecular formula is C23H30N2OS. The molecule has 1 atom stereocenters. The lowest BCUT2D eigenvalue weighted by Gasteiger charge is -2.40. The Kier molecular flexibility index (Phi) is 5.38. The molecule has 3 nitrogen and oxygen atoms in total. The maximum Gasteiger partial charge on any atom is 0.263 e. The lowest BCUT2D eigenvalue weighted by Crippen LogP contribution is -2.44. The van der Waals surface area contributed by atoms with Gasteiger partial charge in [0.1, 0.15) is 0 Å². The van der Waals surface area contributed by atoms with E-state index in [4.69, 9.17) is 0 Å². The van der Waals surface area contributed by atoms with Gasteiger partial charge in [-0.25, -0.2) is 0 Å². The topological polar surface area (TPSA) is 23.6 Å². The van der Waals surface area contributed by atoms with Gasteiger partial charge in [0.05, 0.1) is 4.88 Å². The van der Waals surface area contributed by atoms with Crippen LogP contribution in [0, 0.1) is 5.41 Å². The average molecular weight is 383 g/mol. The predicted octanol–water partition coefficient (Wildman–Crippen LogP) is 5.00. The fraction of sp³-hybridized carbons (Fsp3) is 0.522. The summed E-state index contributed by atoms with van der Waals surface area (Å²) in [7, 11) is 0. The number of nitrogens with zero attached hydrogens (tertiary/aromatic N) is 2. The van der Waals surface area contributed by atoms with Crippen molar-refractivity contribution >= 4 is 17.2 Å². The Morgan fingerprint density at radius 2 is 1.93 bits per heavy atom. The van der Waals surface area contributed by atoms with Crippen LogP contribution in [0.25, 0.3) is 0 Å². The van der Waals surface area contributed by atoms with Gasteiger partial charge in [-0.15, -0.1) is 11.3 Å². The number of piperidine rings is 1. The zero-order chi connectivity index (χ0) is 18.9. The SMILES string of the molecule is CC(C)c1ccc(CN2CCC[C@@]3(CCN(C(=O)c4cccs4)C3)C2)cc1. The molecule has 4 heteroatoms. The second-order valence-corrected chi connectivity index (χ2v) is 9.61. The molecule has 27 heavy (non-hydrogen) atoms. The minimum Gasteiger partial charge on any atom is -0.337 e. The first-order valence-electron chi connectivity index (χ1n) is 10.2. The van der Waals surface area contributed by atoms with Crippen LogP contribution in [0.3, 0.4) is 0 Å². The van der Waals surface area contributed by atoms with Gasteiger partial charge in [0.2, 0.25) is 0 Å². The van der Waals surface area contributed by atoms with E-state index in [-0.39, 0.29) is 5.91 Å². The van der Waals surface area contributed by atoms with Gasteiger partial charge in [-0.1, -0.05) is 44.2 Å². The highest BCUT2D eigenvalue weighted by Crippen LogP contribution is 2.40. The summed E-state index contributed by atoms with van der Waals surface area (Å²) in [5.74, 6) is 0.811. The molecule has 2 saturated heterocycles. The van der Waals surface area contributed by atoms with Crippen molar-refractivity contribution in [2.75, 3.05) is 26.2 Å². The minimum absolute atomic E-state index is 0.225. The third-order valence-corrected chi connectivity index (χ3v) is 7.11. The molecule has 2 fully saturated rings. The average Bonchev–Trinajstić information content (AvgIpc) is 3.32. The third-order valence-electron chi connectivity index (χ3n) is 6.25. The van der Waals surface area contributed by atoms with Crippen LogP contribution in [0.15, 0.2) is 41.8 Å². The van der Waals surface area contributed by atoms with Gasteiger partial charge in [0.15, 0.2) is 0 Å². The number of hydrogen-bond acceptors (Lipinski definition) is 3. The van der Waals surface area contributed by atoms with E-state index in [9.17, 15) is 4.79 Å². The first-order valence-corrected chi connectivity index (χ1v) is 11.1. The van der Waals surface area contributed by atoms with Gasteiger partial charge in [-0.05, 0) is 54.3 Å². The quantitative estimate of drug-likeness (QED) is 0.743. The summed E-state index contributed by atoms with van der Waals surface area (Å²) >= 11 is 1.56. The maximum atomic E-state index is 12.7. The number of rotatable bonds is 4. The molecule has 1 spiro atoms. The second-order valence-electron chi connectivity index (χ2n) is 8.66. The van der Waals surface area contributed by atoms with Crippen molar-refractivity contribution < 1.29 is 4.79 Å². The molecule has 0 N–H and O–H groups in total. The van der Waals surface area contributed by atoms with Crippen molar-refractivity contribution in [1.29, 1.82) is 0 Å². The highest BCUT2D eigenvalue weighted by atomic mass is 32.1. The Morgan fingerprint density at radius 3 is 2.63 bits per heavy atom. The number of carbonyl (C=O) groups excluding carboxylic acids is 1. The highest BCUT2D eigenvalue weighted by Gasteiger charge is 2.42. The summed E-state index contributed by atoms with van der Waals surface area (Å²) in [5, 5.41) is 1.99. The van der Waals surface area contributed by atoms with Crippen molar-refractivity contribution in [1.82, 2.24) is 9.80 Å². The smallest absolute Gasteiger partial charge is 0.263 e. The standard InChI is InChI=1S/C23H30N2OS/c1-18(2)20-8-6-19(7-9-20)15-24-12-4-10-23(16-24)11-13-25(17-23)22(26)21-5-3-14-27-21/h3,5-9,14,18H,4,10-13,15-17H2,1-2H3/t23-/m1/s1. The summed E-state index contributed by atoms with van der Waals surface area (Å²) in [6.45, 7) is 9.64. The van der Waals surface area contributed by atoms with E-state index in [1.54, 1.807) is 11.3 Å². The minimum atomic E-state index is 0.225. The van der Waals surface area contributed by atoms with Crippen LogP contribution < -0.4 is 0 Å². The number of benzene rings is 1. The van der Waals surface area contributed by atoms with Gasteiger partial charge in [-0.3, -0.25) is 9.69 Å². The molecule has 0 aliphatic carbocycles. The van der Waals surface area contributed by atoms with Crippen LogP contribution in [0.5, 0.6) is 0 Å². The maximum absolute atomic E-state index is 12.7. The molecule has 0 unspecified atom stereocenters. The molecule has 0 radical (unpaired) electrons. The molecule has 2 aliphatic rings. The van der Waals surface area contributed by atoms with Crippen LogP contribution >= 0.6 is 11.3 Å². The number of carbonyl (C=O) groups is 1. The number of hydrogen-bond donors (Lipinski definition) is 0. The van der Waals surface area contributed by atoms with Crippen LogP contribution in [-0.4, -0.2) is 41.9 Å². The van der Waals surface area contributed by atoms with Crippen molar-refractivity contribution in [3.05, 3.63) is 57.8 Å². The molecule has 0 bridgehead atoms. The van der Waals surface area contributed by atoms with E-state index in [2.05, 4.69) is 47.9 Å². The summed E-state index contributed by atoms with van der Waals surface area (Å²) < 4.78 is 0. The van der Waals surface area contributed by atoms with Gasteiger partial charge >= 0.3 is 0 Å². The Morgan fingerprint density at radius 1 is 1.11 bits per heavy atom. The molecule has 0 saturated carbocycles. The largest absolute Gasteiger partial charge is 0.337 e. The van der Waals surface area contributed by atoms with E-state index in [1.807, 2.05) is 17.5 Å². The second kappa shape index (κ2) is 7.76. The highest BCUT2D eigenvalue weighted by molar-refractivity contribution is 7.12. The summed E-state index contributed by atoms with van der Waals surface area (Å²) in [6, 6.07) is 13.0. The molecule has 1 aromatic carbocycles. The van der Waals surface area contributed by atoms with Crippen LogP contribution in [0.2, 0.25) is 0 Å². The Bertz CT molecular complexity index is 768. The molecular weight excluding hydrogens is 352 g/mol. The van der Waals surface area contributed by atoms with E-state index in [1.165, 1.54) is 30.5 Å². The lowest BCUT2D eigenvalue weighted by atomic mass is 9.79. The molecule has 4 rings (SSSR count). The lowest BCUT2D eigenvalue weighted by molar-refractivity contribution is 0.0679. The van der Waals surface area contributed by atoms with Gasteiger partial charge < -0.3 is 4.90 Å². The van der Waals surface area contributed by atoms with Crippen molar-refractivity contribution in [2.24, 2.45) is 5.41 Å². The first-order chi connectivity index (χ1) is 13.0. The van der Waals surface area contributed by atoms with Crippen molar-refractivity contribution in [2.45, 2.75) is 45.6 Å². The normalized spacial score (nSPS) is 23.4. The van der Waals surface area contributed by atoms with Gasteiger partial charge in [-0.2, -0.15) is 0 Å². The molecule has 1 aromatic heterocycles.